The second-order valence-corrected chi connectivity index (χ2v) is 6.45. The van der Waals surface area contributed by atoms with Crippen molar-refractivity contribution >= 4 is 23.2 Å². The van der Waals surface area contributed by atoms with Gasteiger partial charge in [0.1, 0.15) is 0 Å². The molecule has 9 nitrogen and oxygen atoms in total. The van der Waals surface area contributed by atoms with Crippen LogP contribution in [0.25, 0.3) is 5.70 Å². The number of nitrogens with zero attached hydrogens (tertiary/aromatic N) is 1. The van der Waals surface area contributed by atoms with Gasteiger partial charge in [0.15, 0.2) is 29.1 Å². The Morgan fingerprint density at radius 2 is 1.90 bits per heavy atom. The summed E-state index contributed by atoms with van der Waals surface area (Å²) in [4.78, 5) is 32.7. The van der Waals surface area contributed by atoms with Crippen LogP contribution in [0.4, 0.5) is 5.69 Å². The van der Waals surface area contributed by atoms with Gasteiger partial charge in [0, 0.05) is 11.6 Å². The molecule has 1 N–H and O–H groups in total. The molecule has 0 aromatic heterocycles. The van der Waals surface area contributed by atoms with Crippen LogP contribution in [0.5, 0.6) is 23.0 Å². The Balaban J connectivity index is 1.60. The first kappa shape index (κ1) is 17.4. The number of hydrogen-bond acceptors (Lipinski definition) is 8. The minimum atomic E-state index is -1.06. The van der Waals surface area contributed by atoms with Crippen molar-refractivity contribution in [2.24, 2.45) is 0 Å². The average molecular weight is 396 g/mol. The molecule has 2 aromatic carbocycles. The third-order valence-electron chi connectivity index (χ3n) is 4.98. The molecule has 0 unspecified atom stereocenters. The molecule has 3 aliphatic heterocycles. The molecule has 0 aliphatic carbocycles. The number of amides is 2. The van der Waals surface area contributed by atoms with Gasteiger partial charge in [0.2, 0.25) is 6.79 Å². The zero-order chi connectivity index (χ0) is 20.1. The molecule has 0 bridgehead atoms. The molecule has 1 atom stereocenters. The maximum atomic E-state index is 13.2. The molecule has 148 valence electrons. The monoisotopic (exact) mass is 396 g/mol. The number of carbonyl (C=O) groups excluding carboxylic acids is 2. The maximum Gasteiger partial charge on any atom is 0.270 e. The smallest absolute Gasteiger partial charge is 0.270 e. The van der Waals surface area contributed by atoms with Crippen molar-refractivity contribution in [3.8, 4) is 23.0 Å². The second kappa shape index (κ2) is 6.42. The average Bonchev–Trinajstić information content (AvgIpc) is 3.44. The number of hydroxylamine groups is 1. The van der Waals surface area contributed by atoms with Crippen molar-refractivity contribution < 1.29 is 33.4 Å². The van der Waals surface area contributed by atoms with Gasteiger partial charge in [-0.25, -0.2) is 4.90 Å². The van der Waals surface area contributed by atoms with E-state index in [1.165, 1.54) is 14.2 Å². The van der Waals surface area contributed by atoms with E-state index >= 15 is 0 Å². The summed E-state index contributed by atoms with van der Waals surface area (Å²) in [5.41, 5.74) is 4.22. The van der Waals surface area contributed by atoms with Gasteiger partial charge in [0.25, 0.3) is 11.8 Å². The second-order valence-electron chi connectivity index (χ2n) is 6.45. The molecule has 1 saturated heterocycles. The lowest BCUT2D eigenvalue weighted by atomic mass is 10.0. The third-order valence-corrected chi connectivity index (χ3v) is 4.98. The third kappa shape index (κ3) is 2.44. The number of nitrogens with one attached hydrogen (secondary N) is 1. The maximum absolute atomic E-state index is 13.2. The molecule has 0 radical (unpaired) electrons. The highest BCUT2D eigenvalue weighted by Gasteiger charge is 2.51. The zero-order valence-electron chi connectivity index (χ0n) is 15.6. The SMILES string of the molecule is COc1cccc(C2=C3C(=O)N(c4ccc5c(c4)OCO5)C(=O)[C@H]3ON2)c1OC. The van der Waals surface area contributed by atoms with E-state index in [1.807, 2.05) is 0 Å². The van der Waals surface area contributed by atoms with Gasteiger partial charge in [-0.2, -0.15) is 0 Å². The van der Waals surface area contributed by atoms with Crippen molar-refractivity contribution in [1.29, 1.82) is 0 Å². The number of fused-ring (bicyclic) bond motifs is 2. The fourth-order valence-corrected chi connectivity index (χ4v) is 3.65. The number of anilines is 1. The Morgan fingerprint density at radius 3 is 2.69 bits per heavy atom. The molecule has 9 heteroatoms. The van der Waals surface area contributed by atoms with Crippen LogP contribution in [0.2, 0.25) is 0 Å². The van der Waals surface area contributed by atoms with E-state index in [1.54, 1.807) is 36.4 Å². The lowest BCUT2D eigenvalue weighted by Crippen LogP contribution is -2.34. The number of ether oxygens (including phenoxy) is 4. The molecule has 3 aliphatic rings. The van der Waals surface area contributed by atoms with Crippen LogP contribution in [0.1, 0.15) is 5.56 Å². The summed E-state index contributed by atoms with van der Waals surface area (Å²) in [6.45, 7) is 0.0985. The van der Waals surface area contributed by atoms with Crippen LogP contribution in [-0.4, -0.2) is 38.9 Å². The van der Waals surface area contributed by atoms with E-state index in [4.69, 9.17) is 23.8 Å². The minimum absolute atomic E-state index is 0.0985. The van der Waals surface area contributed by atoms with E-state index in [-0.39, 0.29) is 12.4 Å². The van der Waals surface area contributed by atoms with Gasteiger partial charge >= 0.3 is 0 Å². The minimum Gasteiger partial charge on any atom is -0.493 e. The molecule has 0 saturated carbocycles. The standard InChI is InChI=1S/C20H16N2O7/c1-25-13-5-3-4-11(17(13)26-2)16-15-18(29-21-16)20(24)22(19(15)23)10-6-7-12-14(8-10)28-9-27-12/h3-8,18,21H,9H2,1-2H3/t18-/m0/s1. The molecular weight excluding hydrogens is 380 g/mol. The Morgan fingerprint density at radius 1 is 1.07 bits per heavy atom. The van der Waals surface area contributed by atoms with Crippen LogP contribution in [0.3, 0.4) is 0 Å². The Kier molecular flexibility index (Phi) is 3.85. The molecule has 29 heavy (non-hydrogen) atoms. The summed E-state index contributed by atoms with van der Waals surface area (Å²) in [5.74, 6) is 0.982. The summed E-state index contributed by atoms with van der Waals surface area (Å²) in [6.07, 6.45) is -1.06. The lowest BCUT2D eigenvalue weighted by Gasteiger charge is -2.17. The Bertz CT molecular complexity index is 1080. The summed E-state index contributed by atoms with van der Waals surface area (Å²) < 4.78 is 21.4. The number of benzene rings is 2. The fourth-order valence-electron chi connectivity index (χ4n) is 3.65. The number of rotatable bonds is 4. The summed E-state index contributed by atoms with van der Waals surface area (Å²) in [6, 6.07) is 10.1. The molecule has 3 heterocycles. The van der Waals surface area contributed by atoms with E-state index in [0.717, 1.165) is 4.90 Å². The number of para-hydroxylation sites is 1. The zero-order valence-corrected chi connectivity index (χ0v) is 15.6. The van der Waals surface area contributed by atoms with Crippen molar-refractivity contribution in [2.45, 2.75) is 6.10 Å². The first-order valence-electron chi connectivity index (χ1n) is 8.79. The molecule has 5 rings (SSSR count). The van der Waals surface area contributed by atoms with Gasteiger partial charge in [-0.05, 0) is 24.3 Å². The molecule has 2 aromatic rings. The molecule has 0 spiro atoms. The predicted molar refractivity (Wildman–Crippen MR) is 99.5 cm³/mol. The van der Waals surface area contributed by atoms with Gasteiger partial charge in [-0.1, -0.05) is 6.07 Å². The van der Waals surface area contributed by atoms with Gasteiger partial charge in [-0.15, -0.1) is 0 Å². The topological polar surface area (TPSA) is 95.6 Å². The molecular formula is C20H16N2O7. The van der Waals surface area contributed by atoms with Crippen LogP contribution < -0.4 is 29.3 Å². The van der Waals surface area contributed by atoms with Crippen LogP contribution in [-0.2, 0) is 14.4 Å². The number of hydrogen-bond donors (Lipinski definition) is 1. The van der Waals surface area contributed by atoms with Gasteiger partial charge in [0.05, 0.1) is 31.2 Å². The number of carbonyl (C=O) groups is 2. The molecule has 1 fully saturated rings. The number of methoxy groups -OCH3 is 2. The van der Waals surface area contributed by atoms with E-state index in [0.29, 0.717) is 39.9 Å². The number of imide groups is 1. The first-order valence-corrected chi connectivity index (χ1v) is 8.79. The summed E-state index contributed by atoms with van der Waals surface area (Å²) in [5, 5.41) is 0. The Hall–Kier alpha value is -3.72. The lowest BCUT2D eigenvalue weighted by molar-refractivity contribution is -0.127. The predicted octanol–water partition coefficient (Wildman–Crippen LogP) is 1.62. The highest BCUT2D eigenvalue weighted by Crippen LogP contribution is 2.43. The van der Waals surface area contributed by atoms with Crippen LogP contribution in [0.15, 0.2) is 42.0 Å². The van der Waals surface area contributed by atoms with Gasteiger partial charge < -0.3 is 18.9 Å². The highest BCUT2D eigenvalue weighted by atomic mass is 16.7. The first-order chi connectivity index (χ1) is 14.1. The van der Waals surface area contributed by atoms with Crippen molar-refractivity contribution in [3.05, 3.63) is 47.5 Å². The fraction of sp³-hybridized carbons (Fsp3) is 0.200. The van der Waals surface area contributed by atoms with Crippen molar-refractivity contribution in [1.82, 2.24) is 5.48 Å². The van der Waals surface area contributed by atoms with Crippen molar-refractivity contribution in [3.63, 3.8) is 0 Å². The van der Waals surface area contributed by atoms with Crippen LogP contribution >= 0.6 is 0 Å². The highest BCUT2D eigenvalue weighted by molar-refractivity contribution is 6.33. The van der Waals surface area contributed by atoms with E-state index in [9.17, 15) is 9.59 Å². The normalized spacial score (nSPS) is 19.5. The molecule has 2 amide bonds. The van der Waals surface area contributed by atoms with E-state index in [2.05, 4.69) is 5.48 Å². The summed E-state index contributed by atoms with van der Waals surface area (Å²) in [7, 11) is 3.02. The Labute approximate surface area is 165 Å². The largest absolute Gasteiger partial charge is 0.493 e. The van der Waals surface area contributed by atoms with Crippen molar-refractivity contribution in [2.75, 3.05) is 25.9 Å². The van der Waals surface area contributed by atoms with Crippen LogP contribution in [0, 0.1) is 0 Å². The summed E-state index contributed by atoms with van der Waals surface area (Å²) >= 11 is 0. The quantitative estimate of drug-likeness (QED) is 0.779. The van der Waals surface area contributed by atoms with E-state index < -0.39 is 17.9 Å². The van der Waals surface area contributed by atoms with Gasteiger partial charge in [-0.3, -0.25) is 19.9 Å².